The fourth-order valence-corrected chi connectivity index (χ4v) is 4.07. The molecule has 30 heavy (non-hydrogen) atoms. The molecule has 3 aromatic rings. The number of carbonyl (C=O) groups is 1. The van der Waals surface area contributed by atoms with Gasteiger partial charge in [-0.25, -0.2) is 9.97 Å². The van der Waals surface area contributed by atoms with Gasteiger partial charge in [0, 0.05) is 47.0 Å². The average Bonchev–Trinajstić information content (AvgIpc) is 3.24. The van der Waals surface area contributed by atoms with Gasteiger partial charge >= 0.3 is 0 Å². The SMILES string of the molecule is C[C@H](CO)C(=O)N1CCC(c2[nH]nc(-c3ccc(Cl)cc3)c2-c2ccncn2)CC1. The summed E-state index contributed by atoms with van der Waals surface area (Å²) in [5.74, 6) is -0.114. The van der Waals surface area contributed by atoms with Gasteiger partial charge in [-0.2, -0.15) is 5.10 Å². The third-order valence-electron chi connectivity index (χ3n) is 5.66. The first kappa shape index (κ1) is 20.5. The van der Waals surface area contributed by atoms with Crippen LogP contribution in [-0.2, 0) is 4.79 Å². The molecule has 2 aromatic heterocycles. The number of benzene rings is 1. The fourth-order valence-electron chi connectivity index (χ4n) is 3.94. The Kier molecular flexibility index (Phi) is 6.11. The van der Waals surface area contributed by atoms with Crippen LogP contribution in [0.15, 0.2) is 42.9 Å². The van der Waals surface area contributed by atoms with Crippen LogP contribution in [0.4, 0.5) is 0 Å². The lowest BCUT2D eigenvalue weighted by Gasteiger charge is -2.33. The van der Waals surface area contributed by atoms with Crippen LogP contribution >= 0.6 is 11.6 Å². The molecular formula is C22H24ClN5O2. The molecule has 1 aliphatic rings. The highest BCUT2D eigenvalue weighted by Gasteiger charge is 2.30. The lowest BCUT2D eigenvalue weighted by molar-refractivity contribution is -0.137. The molecule has 1 atom stereocenters. The van der Waals surface area contributed by atoms with Crippen molar-refractivity contribution in [2.75, 3.05) is 19.7 Å². The summed E-state index contributed by atoms with van der Waals surface area (Å²) in [4.78, 5) is 22.8. The Hall–Kier alpha value is -2.77. The summed E-state index contributed by atoms with van der Waals surface area (Å²) in [5, 5.41) is 17.8. The number of piperidine rings is 1. The molecule has 1 fully saturated rings. The summed E-state index contributed by atoms with van der Waals surface area (Å²) in [6.07, 6.45) is 4.91. The molecule has 0 bridgehead atoms. The molecule has 8 heteroatoms. The molecule has 0 saturated carbocycles. The van der Waals surface area contributed by atoms with Gasteiger partial charge in [0.1, 0.15) is 12.0 Å². The van der Waals surface area contributed by atoms with Gasteiger partial charge in [0.25, 0.3) is 0 Å². The molecule has 1 aliphatic heterocycles. The number of likely N-dealkylation sites (tertiary alicyclic amines) is 1. The van der Waals surface area contributed by atoms with Crippen molar-refractivity contribution in [2.45, 2.75) is 25.7 Å². The van der Waals surface area contributed by atoms with E-state index in [-0.39, 0.29) is 24.3 Å². The van der Waals surface area contributed by atoms with Gasteiger partial charge in [-0.05, 0) is 31.0 Å². The minimum atomic E-state index is -0.359. The van der Waals surface area contributed by atoms with Gasteiger partial charge in [-0.15, -0.1) is 0 Å². The van der Waals surface area contributed by atoms with Crippen LogP contribution in [0.1, 0.15) is 31.4 Å². The number of aliphatic hydroxyl groups excluding tert-OH is 1. The number of aromatic nitrogens is 4. The second kappa shape index (κ2) is 8.93. The van der Waals surface area contributed by atoms with E-state index in [0.29, 0.717) is 18.1 Å². The molecular weight excluding hydrogens is 402 g/mol. The monoisotopic (exact) mass is 425 g/mol. The molecule has 0 radical (unpaired) electrons. The molecule has 7 nitrogen and oxygen atoms in total. The topological polar surface area (TPSA) is 95.0 Å². The van der Waals surface area contributed by atoms with Crippen LogP contribution in [0.5, 0.6) is 0 Å². The Labute approximate surface area is 180 Å². The van der Waals surface area contributed by atoms with Gasteiger partial charge in [0.2, 0.25) is 5.91 Å². The van der Waals surface area contributed by atoms with E-state index >= 15 is 0 Å². The predicted octanol–water partition coefficient (Wildman–Crippen LogP) is 3.52. The zero-order valence-electron chi connectivity index (χ0n) is 16.8. The summed E-state index contributed by atoms with van der Waals surface area (Å²) in [6, 6.07) is 9.48. The minimum Gasteiger partial charge on any atom is -0.396 e. The van der Waals surface area contributed by atoms with Crippen molar-refractivity contribution in [3.8, 4) is 22.5 Å². The largest absolute Gasteiger partial charge is 0.396 e. The third-order valence-corrected chi connectivity index (χ3v) is 5.91. The number of rotatable bonds is 5. The number of aromatic amines is 1. The Bertz CT molecular complexity index is 998. The standard InChI is InChI=1S/C22H24ClN5O2/c1-14(12-29)22(30)28-10-7-16(8-11-28)21-19(18-6-9-24-13-25-18)20(26-27-21)15-2-4-17(23)5-3-15/h2-6,9,13-14,16,29H,7-8,10-12H2,1H3,(H,26,27)/t14-/m1/s1. The van der Waals surface area contributed by atoms with Crippen LogP contribution < -0.4 is 0 Å². The Morgan fingerprint density at radius 1 is 1.27 bits per heavy atom. The highest BCUT2D eigenvalue weighted by Crippen LogP contribution is 2.39. The molecule has 3 heterocycles. The number of aliphatic hydroxyl groups is 1. The van der Waals surface area contributed by atoms with Gasteiger partial charge in [0.05, 0.1) is 18.2 Å². The van der Waals surface area contributed by atoms with E-state index in [1.54, 1.807) is 13.1 Å². The normalized spacial score (nSPS) is 15.9. The van der Waals surface area contributed by atoms with E-state index in [1.807, 2.05) is 35.2 Å². The highest BCUT2D eigenvalue weighted by atomic mass is 35.5. The first-order chi connectivity index (χ1) is 14.6. The van der Waals surface area contributed by atoms with Gasteiger partial charge < -0.3 is 10.0 Å². The zero-order chi connectivity index (χ0) is 21.1. The average molecular weight is 426 g/mol. The van der Waals surface area contributed by atoms with Crippen molar-refractivity contribution in [3.05, 3.63) is 53.6 Å². The summed E-state index contributed by atoms with van der Waals surface area (Å²) >= 11 is 6.06. The number of amides is 1. The Morgan fingerprint density at radius 3 is 2.63 bits per heavy atom. The number of halogens is 1. The fraction of sp³-hybridized carbons (Fsp3) is 0.364. The molecule has 0 unspecified atom stereocenters. The van der Waals surface area contributed by atoms with E-state index in [0.717, 1.165) is 41.1 Å². The number of hydrogen-bond donors (Lipinski definition) is 2. The van der Waals surface area contributed by atoms with Crippen molar-refractivity contribution >= 4 is 17.5 Å². The molecule has 1 aromatic carbocycles. The minimum absolute atomic E-state index is 0.0124. The second-order valence-electron chi connectivity index (χ2n) is 7.65. The summed E-state index contributed by atoms with van der Waals surface area (Å²) in [5.41, 5.74) is 4.59. The van der Waals surface area contributed by atoms with Crippen molar-refractivity contribution in [1.29, 1.82) is 0 Å². The summed E-state index contributed by atoms with van der Waals surface area (Å²) in [6.45, 7) is 2.95. The first-order valence-electron chi connectivity index (χ1n) is 10.1. The van der Waals surface area contributed by atoms with Crippen molar-refractivity contribution in [3.63, 3.8) is 0 Å². The maximum atomic E-state index is 12.4. The first-order valence-corrected chi connectivity index (χ1v) is 10.5. The van der Waals surface area contributed by atoms with E-state index in [2.05, 4.69) is 20.2 Å². The van der Waals surface area contributed by atoms with Crippen molar-refractivity contribution in [2.24, 2.45) is 5.92 Å². The molecule has 2 N–H and O–H groups in total. The number of carbonyl (C=O) groups excluding carboxylic acids is 1. The van der Waals surface area contributed by atoms with E-state index in [9.17, 15) is 9.90 Å². The number of hydrogen-bond acceptors (Lipinski definition) is 5. The lowest BCUT2D eigenvalue weighted by atomic mass is 9.88. The number of H-pyrrole nitrogens is 1. The van der Waals surface area contributed by atoms with Gasteiger partial charge in [-0.1, -0.05) is 30.7 Å². The van der Waals surface area contributed by atoms with Crippen LogP contribution in [-0.4, -0.2) is 55.8 Å². The van der Waals surface area contributed by atoms with Crippen molar-refractivity contribution < 1.29 is 9.90 Å². The highest BCUT2D eigenvalue weighted by molar-refractivity contribution is 6.30. The Balaban J connectivity index is 1.65. The number of nitrogens with one attached hydrogen (secondary N) is 1. The quantitative estimate of drug-likeness (QED) is 0.652. The van der Waals surface area contributed by atoms with Crippen molar-refractivity contribution in [1.82, 2.24) is 25.1 Å². The van der Waals surface area contributed by atoms with E-state index in [4.69, 9.17) is 11.6 Å². The summed E-state index contributed by atoms with van der Waals surface area (Å²) < 4.78 is 0. The second-order valence-corrected chi connectivity index (χ2v) is 8.08. The molecule has 0 aliphatic carbocycles. The van der Waals surface area contributed by atoms with Gasteiger partial charge in [-0.3, -0.25) is 9.89 Å². The summed E-state index contributed by atoms with van der Waals surface area (Å²) in [7, 11) is 0. The van der Waals surface area contributed by atoms with E-state index < -0.39 is 0 Å². The zero-order valence-corrected chi connectivity index (χ0v) is 17.5. The van der Waals surface area contributed by atoms with Crippen LogP contribution in [0, 0.1) is 5.92 Å². The maximum Gasteiger partial charge on any atom is 0.227 e. The van der Waals surface area contributed by atoms with Crippen LogP contribution in [0.25, 0.3) is 22.5 Å². The van der Waals surface area contributed by atoms with Gasteiger partial charge in [0.15, 0.2) is 0 Å². The maximum absolute atomic E-state index is 12.4. The number of nitrogens with zero attached hydrogens (tertiary/aromatic N) is 4. The van der Waals surface area contributed by atoms with Crippen LogP contribution in [0.3, 0.4) is 0 Å². The molecule has 4 rings (SSSR count). The molecule has 156 valence electrons. The predicted molar refractivity (Wildman–Crippen MR) is 115 cm³/mol. The molecule has 1 saturated heterocycles. The molecule has 1 amide bonds. The third kappa shape index (κ3) is 4.08. The smallest absolute Gasteiger partial charge is 0.227 e. The van der Waals surface area contributed by atoms with Crippen LogP contribution in [0.2, 0.25) is 5.02 Å². The molecule has 0 spiro atoms. The van der Waals surface area contributed by atoms with E-state index in [1.165, 1.54) is 6.33 Å². The lowest BCUT2D eigenvalue weighted by Crippen LogP contribution is -2.41. The Morgan fingerprint density at radius 2 is 2.00 bits per heavy atom.